The lowest BCUT2D eigenvalue weighted by Gasteiger charge is -2.33. The average molecular weight is 228 g/mol. The standard InChI is InChI=1S/C14H28O2/c1-8-9-15-10-12(13(2,3)4)11-16-14(5,6)7/h8,12H,1,9-11H2,2-7H3. The predicted molar refractivity (Wildman–Crippen MR) is 69.7 cm³/mol. The van der Waals surface area contributed by atoms with Crippen LogP contribution in [0.5, 0.6) is 0 Å². The van der Waals surface area contributed by atoms with E-state index >= 15 is 0 Å². The van der Waals surface area contributed by atoms with Crippen LogP contribution in [0.4, 0.5) is 0 Å². The van der Waals surface area contributed by atoms with Gasteiger partial charge in [0, 0.05) is 5.92 Å². The molecule has 96 valence electrons. The maximum absolute atomic E-state index is 5.84. The summed E-state index contributed by atoms with van der Waals surface area (Å²) in [5.74, 6) is 0.409. The lowest BCUT2D eigenvalue weighted by atomic mass is 9.81. The molecule has 0 aromatic heterocycles. The van der Waals surface area contributed by atoms with Crippen molar-refractivity contribution in [1.82, 2.24) is 0 Å². The summed E-state index contributed by atoms with van der Waals surface area (Å²) in [6, 6.07) is 0. The highest BCUT2D eigenvalue weighted by Crippen LogP contribution is 2.27. The molecule has 16 heavy (non-hydrogen) atoms. The predicted octanol–water partition coefficient (Wildman–Crippen LogP) is 3.67. The highest BCUT2D eigenvalue weighted by atomic mass is 16.5. The van der Waals surface area contributed by atoms with Crippen molar-refractivity contribution in [3.63, 3.8) is 0 Å². The van der Waals surface area contributed by atoms with Gasteiger partial charge in [0.2, 0.25) is 0 Å². The van der Waals surface area contributed by atoms with Gasteiger partial charge in [-0.15, -0.1) is 6.58 Å². The van der Waals surface area contributed by atoms with Crippen LogP contribution in [0.3, 0.4) is 0 Å². The second kappa shape index (κ2) is 6.41. The molecule has 0 amide bonds. The molecule has 0 aliphatic heterocycles. The zero-order valence-electron chi connectivity index (χ0n) is 11.8. The highest BCUT2D eigenvalue weighted by Gasteiger charge is 2.26. The summed E-state index contributed by atoms with van der Waals surface area (Å²) < 4.78 is 11.4. The first-order valence-corrected chi connectivity index (χ1v) is 5.99. The Bertz CT molecular complexity index is 196. The summed E-state index contributed by atoms with van der Waals surface area (Å²) >= 11 is 0. The number of rotatable bonds is 6. The van der Waals surface area contributed by atoms with E-state index in [2.05, 4.69) is 48.1 Å². The fraction of sp³-hybridized carbons (Fsp3) is 0.857. The van der Waals surface area contributed by atoms with Crippen molar-refractivity contribution < 1.29 is 9.47 Å². The van der Waals surface area contributed by atoms with E-state index in [-0.39, 0.29) is 11.0 Å². The van der Waals surface area contributed by atoms with Gasteiger partial charge in [0.15, 0.2) is 0 Å². The molecular weight excluding hydrogens is 200 g/mol. The van der Waals surface area contributed by atoms with Crippen molar-refractivity contribution in [3.8, 4) is 0 Å². The molecule has 0 aromatic rings. The van der Waals surface area contributed by atoms with Crippen molar-refractivity contribution in [2.45, 2.75) is 47.1 Å². The topological polar surface area (TPSA) is 18.5 Å². The molecule has 0 fully saturated rings. The van der Waals surface area contributed by atoms with Gasteiger partial charge in [0.25, 0.3) is 0 Å². The van der Waals surface area contributed by atoms with E-state index in [1.165, 1.54) is 0 Å². The third-order valence-electron chi connectivity index (χ3n) is 2.50. The van der Waals surface area contributed by atoms with E-state index in [4.69, 9.17) is 9.47 Å². The third-order valence-corrected chi connectivity index (χ3v) is 2.50. The zero-order chi connectivity index (χ0) is 12.8. The van der Waals surface area contributed by atoms with Gasteiger partial charge >= 0.3 is 0 Å². The van der Waals surface area contributed by atoms with Crippen LogP contribution in [0.25, 0.3) is 0 Å². The number of ether oxygens (including phenoxy) is 2. The van der Waals surface area contributed by atoms with Crippen molar-refractivity contribution in [3.05, 3.63) is 12.7 Å². The van der Waals surface area contributed by atoms with Crippen LogP contribution in [-0.4, -0.2) is 25.4 Å². The van der Waals surface area contributed by atoms with Crippen molar-refractivity contribution in [1.29, 1.82) is 0 Å². The van der Waals surface area contributed by atoms with Gasteiger partial charge in [0.05, 0.1) is 25.4 Å². The summed E-state index contributed by atoms with van der Waals surface area (Å²) in [4.78, 5) is 0. The van der Waals surface area contributed by atoms with Gasteiger partial charge in [-0.05, 0) is 26.2 Å². The van der Waals surface area contributed by atoms with Crippen LogP contribution in [0.2, 0.25) is 0 Å². The molecule has 0 bridgehead atoms. The van der Waals surface area contributed by atoms with E-state index in [1.54, 1.807) is 6.08 Å². The molecule has 0 radical (unpaired) electrons. The average Bonchev–Trinajstić information content (AvgIpc) is 2.07. The minimum Gasteiger partial charge on any atom is -0.377 e. The van der Waals surface area contributed by atoms with Crippen LogP contribution in [0.15, 0.2) is 12.7 Å². The van der Waals surface area contributed by atoms with Gasteiger partial charge in [-0.1, -0.05) is 26.8 Å². The van der Waals surface area contributed by atoms with Crippen molar-refractivity contribution >= 4 is 0 Å². The molecule has 0 aliphatic carbocycles. The highest BCUT2D eigenvalue weighted by molar-refractivity contribution is 4.75. The van der Waals surface area contributed by atoms with E-state index in [0.717, 1.165) is 13.2 Å². The number of hydrogen-bond donors (Lipinski definition) is 0. The summed E-state index contributed by atoms with van der Waals surface area (Å²) in [5.41, 5.74) is 0.119. The second-order valence-electron chi connectivity index (χ2n) is 6.31. The summed E-state index contributed by atoms with van der Waals surface area (Å²) in [6.45, 7) is 18.6. The Morgan fingerprint density at radius 1 is 1.06 bits per heavy atom. The summed E-state index contributed by atoms with van der Waals surface area (Å²) in [6.07, 6.45) is 1.78. The minimum atomic E-state index is -0.0814. The molecule has 0 aliphatic rings. The maximum atomic E-state index is 5.84. The lowest BCUT2D eigenvalue weighted by Crippen LogP contribution is -2.33. The first-order valence-electron chi connectivity index (χ1n) is 5.99. The SMILES string of the molecule is C=CCOCC(COC(C)(C)C)C(C)(C)C. The fourth-order valence-electron chi connectivity index (χ4n) is 1.19. The van der Waals surface area contributed by atoms with Crippen LogP contribution >= 0.6 is 0 Å². The van der Waals surface area contributed by atoms with E-state index in [9.17, 15) is 0 Å². The Hall–Kier alpha value is -0.340. The zero-order valence-corrected chi connectivity index (χ0v) is 11.8. The van der Waals surface area contributed by atoms with Crippen LogP contribution in [0.1, 0.15) is 41.5 Å². The molecule has 0 N–H and O–H groups in total. The molecule has 0 aromatic carbocycles. The van der Waals surface area contributed by atoms with Gasteiger partial charge in [-0.25, -0.2) is 0 Å². The molecule has 2 nitrogen and oxygen atoms in total. The van der Waals surface area contributed by atoms with E-state index in [1.807, 2.05) is 0 Å². The second-order valence-corrected chi connectivity index (χ2v) is 6.31. The largest absolute Gasteiger partial charge is 0.377 e. The van der Waals surface area contributed by atoms with E-state index < -0.39 is 0 Å². The Kier molecular flexibility index (Phi) is 6.27. The normalized spacial score (nSPS) is 14.9. The minimum absolute atomic E-state index is 0.0814. The maximum Gasteiger partial charge on any atom is 0.0644 e. The molecule has 1 unspecified atom stereocenters. The lowest BCUT2D eigenvalue weighted by molar-refractivity contribution is -0.0612. The number of hydrogen-bond acceptors (Lipinski definition) is 2. The Balaban J connectivity index is 4.17. The fourth-order valence-corrected chi connectivity index (χ4v) is 1.19. The Labute approximate surface area is 101 Å². The molecule has 0 spiro atoms. The monoisotopic (exact) mass is 228 g/mol. The summed E-state index contributed by atoms with van der Waals surface area (Å²) in [7, 11) is 0. The molecule has 0 rings (SSSR count). The van der Waals surface area contributed by atoms with Crippen molar-refractivity contribution in [2.24, 2.45) is 11.3 Å². The first kappa shape index (κ1) is 15.7. The van der Waals surface area contributed by atoms with E-state index in [0.29, 0.717) is 12.5 Å². The van der Waals surface area contributed by atoms with Crippen LogP contribution in [0, 0.1) is 11.3 Å². The van der Waals surface area contributed by atoms with Gasteiger partial charge in [-0.2, -0.15) is 0 Å². The smallest absolute Gasteiger partial charge is 0.0644 e. The Morgan fingerprint density at radius 2 is 1.62 bits per heavy atom. The van der Waals surface area contributed by atoms with Crippen LogP contribution < -0.4 is 0 Å². The van der Waals surface area contributed by atoms with Gasteiger partial charge in [0.1, 0.15) is 0 Å². The van der Waals surface area contributed by atoms with Crippen LogP contribution in [-0.2, 0) is 9.47 Å². The third kappa shape index (κ3) is 7.89. The quantitative estimate of drug-likeness (QED) is 0.510. The van der Waals surface area contributed by atoms with Gasteiger partial charge in [-0.3, -0.25) is 0 Å². The molecule has 1 atom stereocenters. The molecule has 0 saturated heterocycles. The molecular formula is C14H28O2. The molecule has 2 heteroatoms. The molecule has 0 saturated carbocycles. The molecule has 0 heterocycles. The Morgan fingerprint density at radius 3 is 2.00 bits per heavy atom. The van der Waals surface area contributed by atoms with Crippen molar-refractivity contribution in [2.75, 3.05) is 19.8 Å². The summed E-state index contributed by atoms with van der Waals surface area (Å²) in [5, 5.41) is 0. The first-order chi connectivity index (χ1) is 7.17. The van der Waals surface area contributed by atoms with Gasteiger partial charge < -0.3 is 9.47 Å².